The van der Waals surface area contributed by atoms with Crippen LogP contribution in [0.5, 0.6) is 0 Å². The maximum absolute atomic E-state index is 9.09. The van der Waals surface area contributed by atoms with E-state index < -0.39 is 0 Å². The summed E-state index contributed by atoms with van der Waals surface area (Å²) in [5, 5.41) is 9.09. The largest absolute Gasteiger partial charge is 0.393 e. The smallest absolute Gasteiger partial charge is 0.0569 e. The second-order valence-electron chi connectivity index (χ2n) is 2.88. The van der Waals surface area contributed by atoms with Crippen molar-refractivity contribution in [1.82, 2.24) is 0 Å². The molecule has 0 aromatic heterocycles. The van der Waals surface area contributed by atoms with Crippen molar-refractivity contribution in [3.8, 4) is 0 Å². The van der Waals surface area contributed by atoms with Crippen LogP contribution in [0.1, 0.15) is 33.1 Å². The van der Waals surface area contributed by atoms with Crippen LogP contribution in [0.2, 0.25) is 0 Å². The number of aliphatic hydroxyl groups is 1. The van der Waals surface area contributed by atoms with Gasteiger partial charge in [0, 0.05) is 12.1 Å². The summed E-state index contributed by atoms with van der Waals surface area (Å²) in [5.74, 6) is 0. The predicted octanol–water partition coefficient (Wildman–Crippen LogP) is 0.212. The second-order valence-corrected chi connectivity index (χ2v) is 2.88. The normalized spacial score (nSPS) is 37.4. The summed E-state index contributed by atoms with van der Waals surface area (Å²) in [7, 11) is 0. The standard InChI is InChI=1S/C6H14N2O.C2H6/c7-4-1-5(8)3-6(9)2-4;1-2/h4-6,9H,1-3,7-8H2;1-2H3. The minimum atomic E-state index is -0.260. The molecule has 1 fully saturated rings. The maximum Gasteiger partial charge on any atom is 0.0569 e. The van der Waals surface area contributed by atoms with E-state index in [1.807, 2.05) is 13.8 Å². The minimum Gasteiger partial charge on any atom is -0.393 e. The third kappa shape index (κ3) is 4.35. The summed E-state index contributed by atoms with van der Waals surface area (Å²) >= 11 is 0. The number of hydrogen-bond acceptors (Lipinski definition) is 3. The van der Waals surface area contributed by atoms with Crippen molar-refractivity contribution in [2.75, 3.05) is 0 Å². The van der Waals surface area contributed by atoms with Crippen LogP contribution in [-0.4, -0.2) is 23.3 Å². The van der Waals surface area contributed by atoms with E-state index in [0.29, 0.717) is 12.8 Å². The molecule has 0 aliphatic heterocycles. The summed E-state index contributed by atoms with van der Waals surface area (Å²) in [5.41, 5.74) is 11.2. The van der Waals surface area contributed by atoms with Crippen molar-refractivity contribution in [1.29, 1.82) is 0 Å². The number of nitrogens with two attached hydrogens (primary N) is 2. The van der Waals surface area contributed by atoms with Crippen LogP contribution in [0, 0.1) is 0 Å². The lowest BCUT2D eigenvalue weighted by Gasteiger charge is -2.27. The van der Waals surface area contributed by atoms with Crippen molar-refractivity contribution in [3.05, 3.63) is 0 Å². The highest BCUT2D eigenvalue weighted by Crippen LogP contribution is 2.15. The Bertz CT molecular complexity index is 73.1. The Balaban J connectivity index is 0.000000461. The Labute approximate surface area is 68.8 Å². The Hall–Kier alpha value is -0.120. The van der Waals surface area contributed by atoms with Crippen LogP contribution < -0.4 is 11.5 Å². The van der Waals surface area contributed by atoms with E-state index in [1.54, 1.807) is 0 Å². The van der Waals surface area contributed by atoms with E-state index in [4.69, 9.17) is 16.6 Å². The first kappa shape index (κ1) is 10.9. The topological polar surface area (TPSA) is 72.3 Å². The SMILES string of the molecule is CC.NC1CC(N)CC(O)C1. The molecule has 0 heterocycles. The molecule has 3 nitrogen and oxygen atoms in total. The van der Waals surface area contributed by atoms with E-state index in [9.17, 15) is 0 Å². The minimum absolute atomic E-state index is 0.115. The quantitative estimate of drug-likeness (QED) is 0.474. The van der Waals surface area contributed by atoms with Crippen molar-refractivity contribution >= 4 is 0 Å². The van der Waals surface area contributed by atoms with Crippen LogP contribution in [0.25, 0.3) is 0 Å². The van der Waals surface area contributed by atoms with Gasteiger partial charge in [0.25, 0.3) is 0 Å². The van der Waals surface area contributed by atoms with E-state index in [-0.39, 0.29) is 18.2 Å². The first-order chi connectivity index (χ1) is 5.18. The Kier molecular flexibility index (Phi) is 5.46. The first-order valence-electron chi connectivity index (χ1n) is 4.37. The zero-order chi connectivity index (χ0) is 8.85. The highest BCUT2D eigenvalue weighted by Gasteiger charge is 2.22. The molecular formula is C8H20N2O. The van der Waals surface area contributed by atoms with Crippen LogP contribution in [0.15, 0.2) is 0 Å². The van der Waals surface area contributed by atoms with Crippen molar-refractivity contribution in [2.24, 2.45) is 11.5 Å². The molecule has 1 aliphatic rings. The van der Waals surface area contributed by atoms with E-state index in [0.717, 1.165) is 6.42 Å². The van der Waals surface area contributed by atoms with Crippen LogP contribution in [0.4, 0.5) is 0 Å². The molecule has 0 saturated heterocycles. The molecule has 3 heteroatoms. The first-order valence-corrected chi connectivity index (χ1v) is 4.37. The van der Waals surface area contributed by atoms with Crippen LogP contribution in [-0.2, 0) is 0 Å². The summed E-state index contributed by atoms with van der Waals surface area (Å²) < 4.78 is 0. The van der Waals surface area contributed by atoms with Gasteiger partial charge < -0.3 is 16.6 Å². The molecule has 1 rings (SSSR count). The number of rotatable bonds is 0. The van der Waals surface area contributed by atoms with Gasteiger partial charge in [0.1, 0.15) is 0 Å². The van der Waals surface area contributed by atoms with E-state index in [1.165, 1.54) is 0 Å². The number of aliphatic hydroxyl groups excluding tert-OH is 1. The molecule has 0 bridgehead atoms. The molecular weight excluding hydrogens is 140 g/mol. The Morgan fingerprint density at radius 3 is 1.64 bits per heavy atom. The van der Waals surface area contributed by atoms with Crippen molar-refractivity contribution in [2.45, 2.75) is 51.3 Å². The molecule has 1 saturated carbocycles. The average molecular weight is 160 g/mol. The van der Waals surface area contributed by atoms with Gasteiger partial charge in [-0.3, -0.25) is 0 Å². The van der Waals surface area contributed by atoms with Gasteiger partial charge >= 0.3 is 0 Å². The molecule has 0 radical (unpaired) electrons. The molecule has 0 amide bonds. The summed E-state index contributed by atoms with van der Waals surface area (Å²) in [6.07, 6.45) is 2.03. The zero-order valence-corrected chi connectivity index (χ0v) is 7.46. The van der Waals surface area contributed by atoms with Gasteiger partial charge in [0.15, 0.2) is 0 Å². The second kappa shape index (κ2) is 5.52. The lowest BCUT2D eigenvalue weighted by atomic mass is 9.90. The molecule has 68 valence electrons. The number of hydrogen-bond donors (Lipinski definition) is 3. The molecule has 0 aromatic rings. The average Bonchev–Trinajstić information content (AvgIpc) is 1.88. The zero-order valence-electron chi connectivity index (χ0n) is 7.46. The van der Waals surface area contributed by atoms with Gasteiger partial charge in [0.05, 0.1) is 6.10 Å². The Morgan fingerprint density at radius 2 is 1.36 bits per heavy atom. The molecule has 2 unspecified atom stereocenters. The molecule has 11 heavy (non-hydrogen) atoms. The lowest BCUT2D eigenvalue weighted by Crippen LogP contribution is -2.41. The van der Waals surface area contributed by atoms with Gasteiger partial charge in [-0.25, -0.2) is 0 Å². The van der Waals surface area contributed by atoms with Gasteiger partial charge in [-0.2, -0.15) is 0 Å². The van der Waals surface area contributed by atoms with Gasteiger partial charge in [-0.1, -0.05) is 13.8 Å². The fraction of sp³-hybridized carbons (Fsp3) is 1.00. The highest BCUT2D eigenvalue weighted by molar-refractivity contribution is 4.82. The van der Waals surface area contributed by atoms with E-state index in [2.05, 4.69) is 0 Å². The van der Waals surface area contributed by atoms with Crippen LogP contribution in [0.3, 0.4) is 0 Å². The maximum atomic E-state index is 9.09. The monoisotopic (exact) mass is 160 g/mol. The molecule has 1 aliphatic carbocycles. The van der Waals surface area contributed by atoms with E-state index >= 15 is 0 Å². The van der Waals surface area contributed by atoms with Crippen molar-refractivity contribution < 1.29 is 5.11 Å². The molecule has 0 aromatic carbocycles. The summed E-state index contributed by atoms with van der Waals surface area (Å²) in [6.45, 7) is 4.00. The third-order valence-corrected chi connectivity index (χ3v) is 1.76. The fourth-order valence-corrected chi connectivity index (χ4v) is 1.38. The summed E-state index contributed by atoms with van der Waals surface area (Å²) in [4.78, 5) is 0. The fourth-order valence-electron chi connectivity index (χ4n) is 1.38. The summed E-state index contributed by atoms with van der Waals surface area (Å²) in [6, 6.07) is 0.229. The Morgan fingerprint density at radius 1 is 1.00 bits per heavy atom. The van der Waals surface area contributed by atoms with Crippen molar-refractivity contribution in [3.63, 3.8) is 0 Å². The predicted molar refractivity (Wildman–Crippen MR) is 47.2 cm³/mol. The highest BCUT2D eigenvalue weighted by atomic mass is 16.3. The third-order valence-electron chi connectivity index (χ3n) is 1.76. The van der Waals surface area contributed by atoms with Gasteiger partial charge in [0.2, 0.25) is 0 Å². The van der Waals surface area contributed by atoms with Gasteiger partial charge in [-0.05, 0) is 19.3 Å². The molecule has 2 atom stereocenters. The lowest BCUT2D eigenvalue weighted by molar-refractivity contribution is 0.111. The molecule has 0 spiro atoms. The van der Waals surface area contributed by atoms with Gasteiger partial charge in [-0.15, -0.1) is 0 Å². The van der Waals surface area contributed by atoms with Crippen LogP contribution >= 0.6 is 0 Å². The molecule has 5 N–H and O–H groups in total.